The van der Waals surface area contributed by atoms with E-state index < -0.39 is 0 Å². The highest BCUT2D eigenvalue weighted by atomic mass is 16.2. The molecule has 5 heteroatoms. The van der Waals surface area contributed by atoms with Gasteiger partial charge in [0.2, 0.25) is 0 Å². The number of urea groups is 1. The first kappa shape index (κ1) is 12.4. The number of carbonyl (C=O) groups excluding carboxylic acids is 1. The molecule has 0 atom stereocenters. The Morgan fingerprint density at radius 3 is 2.76 bits per heavy atom. The largest absolute Gasteiger partial charge is 0.322 e. The summed E-state index contributed by atoms with van der Waals surface area (Å²) in [7, 11) is 0. The number of nitrogens with one attached hydrogen (secondary N) is 1. The van der Waals surface area contributed by atoms with Gasteiger partial charge in [0, 0.05) is 18.2 Å². The summed E-state index contributed by atoms with van der Waals surface area (Å²) >= 11 is 0. The van der Waals surface area contributed by atoms with Crippen LogP contribution in [0.15, 0.2) is 36.4 Å². The SMILES string of the molecule is O=C(Nc1ccccc1)N1CCn2nc(C3CC3)cc2C1. The van der Waals surface area contributed by atoms with Crippen molar-refractivity contribution in [2.45, 2.75) is 31.8 Å². The van der Waals surface area contributed by atoms with Gasteiger partial charge in [-0.15, -0.1) is 0 Å². The van der Waals surface area contributed by atoms with Crippen LogP contribution in [-0.4, -0.2) is 27.3 Å². The van der Waals surface area contributed by atoms with Crippen molar-refractivity contribution in [1.82, 2.24) is 14.7 Å². The number of nitrogens with zero attached hydrogens (tertiary/aromatic N) is 3. The Kier molecular flexibility index (Phi) is 2.91. The number of benzene rings is 1. The maximum absolute atomic E-state index is 12.3. The van der Waals surface area contributed by atoms with Crippen LogP contribution in [0.4, 0.5) is 10.5 Å². The first-order chi connectivity index (χ1) is 10.3. The zero-order chi connectivity index (χ0) is 14.2. The van der Waals surface area contributed by atoms with Crippen LogP contribution >= 0.6 is 0 Å². The standard InChI is InChI=1S/C16H18N4O/c21-16(17-13-4-2-1-3-5-13)19-8-9-20-14(11-19)10-15(18-20)12-6-7-12/h1-5,10,12H,6-9,11H2,(H,17,21). The summed E-state index contributed by atoms with van der Waals surface area (Å²) in [5.74, 6) is 0.662. The fourth-order valence-corrected chi connectivity index (χ4v) is 2.76. The molecule has 21 heavy (non-hydrogen) atoms. The number of rotatable bonds is 2. The lowest BCUT2D eigenvalue weighted by molar-refractivity contribution is 0.194. The third-order valence-corrected chi connectivity index (χ3v) is 4.12. The smallest absolute Gasteiger partial charge is 0.317 e. The summed E-state index contributed by atoms with van der Waals surface area (Å²) in [6.45, 7) is 2.13. The number of hydrogen-bond acceptors (Lipinski definition) is 2. The van der Waals surface area contributed by atoms with Crippen LogP contribution in [0, 0.1) is 0 Å². The molecule has 1 aliphatic carbocycles. The fraction of sp³-hybridized carbons (Fsp3) is 0.375. The van der Waals surface area contributed by atoms with Gasteiger partial charge in [-0.05, 0) is 31.0 Å². The zero-order valence-electron chi connectivity index (χ0n) is 11.8. The van der Waals surface area contributed by atoms with Gasteiger partial charge < -0.3 is 10.2 Å². The van der Waals surface area contributed by atoms with Gasteiger partial charge in [-0.2, -0.15) is 5.10 Å². The van der Waals surface area contributed by atoms with E-state index in [9.17, 15) is 4.79 Å². The normalized spacial score (nSPS) is 17.4. The number of hydrogen-bond donors (Lipinski definition) is 1. The molecule has 1 aromatic heterocycles. The summed E-state index contributed by atoms with van der Waals surface area (Å²) in [6, 6.07) is 11.7. The molecule has 108 valence electrons. The molecule has 2 aromatic rings. The van der Waals surface area contributed by atoms with E-state index >= 15 is 0 Å². The van der Waals surface area contributed by atoms with Gasteiger partial charge in [-0.1, -0.05) is 18.2 Å². The summed E-state index contributed by atoms with van der Waals surface area (Å²) in [5.41, 5.74) is 3.18. The van der Waals surface area contributed by atoms with Crippen molar-refractivity contribution >= 4 is 11.7 Å². The van der Waals surface area contributed by atoms with Crippen LogP contribution in [0.2, 0.25) is 0 Å². The van der Waals surface area contributed by atoms with E-state index in [0.29, 0.717) is 19.0 Å². The molecule has 1 N–H and O–H groups in total. The van der Waals surface area contributed by atoms with Crippen LogP contribution in [0.25, 0.3) is 0 Å². The third-order valence-electron chi connectivity index (χ3n) is 4.12. The Bertz CT molecular complexity index is 660. The van der Waals surface area contributed by atoms with Crippen LogP contribution in [0.3, 0.4) is 0 Å². The van der Waals surface area contributed by atoms with Crippen molar-refractivity contribution in [2.75, 3.05) is 11.9 Å². The van der Waals surface area contributed by atoms with E-state index in [4.69, 9.17) is 0 Å². The lowest BCUT2D eigenvalue weighted by Crippen LogP contribution is -2.40. The minimum Gasteiger partial charge on any atom is -0.317 e. The molecule has 4 rings (SSSR count). The van der Waals surface area contributed by atoms with Gasteiger partial charge in [0.25, 0.3) is 0 Å². The van der Waals surface area contributed by atoms with Gasteiger partial charge >= 0.3 is 6.03 Å². The monoisotopic (exact) mass is 282 g/mol. The molecule has 1 aliphatic heterocycles. The average molecular weight is 282 g/mol. The van der Waals surface area contributed by atoms with E-state index in [1.165, 1.54) is 18.5 Å². The maximum Gasteiger partial charge on any atom is 0.322 e. The average Bonchev–Trinajstić information content (AvgIpc) is 3.27. The van der Waals surface area contributed by atoms with Gasteiger partial charge in [-0.3, -0.25) is 4.68 Å². The lowest BCUT2D eigenvalue weighted by Gasteiger charge is -2.27. The minimum absolute atomic E-state index is 0.0402. The highest BCUT2D eigenvalue weighted by Crippen LogP contribution is 2.39. The molecular weight excluding hydrogens is 264 g/mol. The Labute approximate surface area is 123 Å². The molecule has 1 saturated carbocycles. The van der Waals surface area contributed by atoms with Crippen LogP contribution in [0.5, 0.6) is 0 Å². The Hall–Kier alpha value is -2.30. The fourth-order valence-electron chi connectivity index (χ4n) is 2.76. The Morgan fingerprint density at radius 2 is 2.00 bits per heavy atom. The van der Waals surface area contributed by atoms with Gasteiger partial charge in [0.15, 0.2) is 0 Å². The predicted molar refractivity (Wildman–Crippen MR) is 80.1 cm³/mol. The summed E-state index contributed by atoms with van der Waals surface area (Å²) in [4.78, 5) is 14.2. The van der Waals surface area contributed by atoms with Crippen molar-refractivity contribution in [3.63, 3.8) is 0 Å². The number of para-hydroxylation sites is 1. The topological polar surface area (TPSA) is 50.2 Å². The predicted octanol–water partition coefficient (Wildman–Crippen LogP) is 2.81. The van der Waals surface area contributed by atoms with Gasteiger partial charge in [-0.25, -0.2) is 4.79 Å². The molecule has 1 fully saturated rings. The third kappa shape index (κ3) is 2.51. The van der Waals surface area contributed by atoms with Crippen molar-refractivity contribution in [2.24, 2.45) is 0 Å². The number of anilines is 1. The molecule has 5 nitrogen and oxygen atoms in total. The molecule has 0 radical (unpaired) electrons. The lowest BCUT2D eigenvalue weighted by atomic mass is 10.2. The van der Waals surface area contributed by atoms with Crippen molar-refractivity contribution in [3.05, 3.63) is 47.8 Å². The summed E-state index contributed by atoms with van der Waals surface area (Å²) < 4.78 is 2.06. The first-order valence-electron chi connectivity index (χ1n) is 7.47. The number of fused-ring (bicyclic) bond motifs is 1. The highest BCUT2D eigenvalue weighted by Gasteiger charge is 2.29. The molecule has 0 unspecified atom stereocenters. The van der Waals surface area contributed by atoms with Crippen molar-refractivity contribution in [3.8, 4) is 0 Å². The molecule has 2 amide bonds. The molecule has 0 spiro atoms. The number of carbonyl (C=O) groups is 1. The molecule has 0 bridgehead atoms. The summed E-state index contributed by atoms with van der Waals surface area (Å²) in [6.07, 6.45) is 2.52. The van der Waals surface area contributed by atoms with Gasteiger partial charge in [0.1, 0.15) is 0 Å². The van der Waals surface area contributed by atoms with E-state index in [2.05, 4.69) is 21.2 Å². The van der Waals surface area contributed by atoms with Crippen molar-refractivity contribution in [1.29, 1.82) is 0 Å². The summed E-state index contributed by atoms with van der Waals surface area (Å²) in [5, 5.41) is 7.59. The van der Waals surface area contributed by atoms with E-state index in [1.807, 2.05) is 35.2 Å². The second-order valence-corrected chi connectivity index (χ2v) is 5.78. The van der Waals surface area contributed by atoms with E-state index in [-0.39, 0.29) is 6.03 Å². The maximum atomic E-state index is 12.3. The van der Waals surface area contributed by atoms with Crippen molar-refractivity contribution < 1.29 is 4.79 Å². The molecule has 1 aromatic carbocycles. The van der Waals surface area contributed by atoms with Crippen LogP contribution in [-0.2, 0) is 13.1 Å². The Balaban J connectivity index is 1.46. The van der Waals surface area contributed by atoms with E-state index in [1.54, 1.807) is 0 Å². The van der Waals surface area contributed by atoms with E-state index in [0.717, 1.165) is 17.9 Å². The minimum atomic E-state index is -0.0402. The second-order valence-electron chi connectivity index (χ2n) is 5.78. The number of amides is 2. The van der Waals surface area contributed by atoms with Gasteiger partial charge in [0.05, 0.1) is 24.5 Å². The molecule has 0 saturated heterocycles. The van der Waals surface area contributed by atoms with Crippen LogP contribution in [0.1, 0.15) is 30.1 Å². The number of aromatic nitrogens is 2. The Morgan fingerprint density at radius 1 is 1.19 bits per heavy atom. The molecular formula is C16H18N4O. The second kappa shape index (κ2) is 4.91. The van der Waals surface area contributed by atoms with Crippen LogP contribution < -0.4 is 5.32 Å². The highest BCUT2D eigenvalue weighted by molar-refractivity contribution is 5.89. The molecule has 2 aliphatic rings. The first-order valence-corrected chi connectivity index (χ1v) is 7.47. The zero-order valence-corrected chi connectivity index (χ0v) is 11.8. The quantitative estimate of drug-likeness (QED) is 0.920. The molecule has 2 heterocycles.